The highest BCUT2D eigenvalue weighted by Gasteiger charge is 2.24. The topological polar surface area (TPSA) is 32.3 Å². The average Bonchev–Trinajstić information content (AvgIpc) is 1.90. The summed E-state index contributed by atoms with van der Waals surface area (Å²) < 4.78 is 0. The molecule has 1 unspecified atom stereocenters. The molecule has 0 aromatic carbocycles. The van der Waals surface area contributed by atoms with Gasteiger partial charge in [0.25, 0.3) is 0 Å². The van der Waals surface area contributed by atoms with Gasteiger partial charge in [-0.05, 0) is 6.92 Å². The van der Waals surface area contributed by atoms with Crippen LogP contribution in [-0.2, 0) is 0 Å². The van der Waals surface area contributed by atoms with E-state index in [-0.39, 0.29) is 12.1 Å². The Hall–Kier alpha value is 0.270. The molecule has 1 rings (SSSR count). The SMILES string of the molecule is CC1(CO)CSCCN1. The third-order valence-corrected chi connectivity index (χ3v) is 2.90. The van der Waals surface area contributed by atoms with Crippen molar-refractivity contribution in [1.82, 2.24) is 5.32 Å². The van der Waals surface area contributed by atoms with Crippen LogP contribution >= 0.6 is 11.8 Å². The lowest BCUT2D eigenvalue weighted by Crippen LogP contribution is -2.51. The van der Waals surface area contributed by atoms with Crippen molar-refractivity contribution in [3.8, 4) is 0 Å². The highest BCUT2D eigenvalue weighted by molar-refractivity contribution is 7.99. The fourth-order valence-corrected chi connectivity index (χ4v) is 1.91. The van der Waals surface area contributed by atoms with Crippen molar-refractivity contribution < 1.29 is 5.11 Å². The van der Waals surface area contributed by atoms with Crippen LogP contribution in [0.2, 0.25) is 0 Å². The second-order valence-corrected chi connectivity index (χ2v) is 3.80. The summed E-state index contributed by atoms with van der Waals surface area (Å²) in [5.74, 6) is 2.21. The zero-order valence-corrected chi connectivity index (χ0v) is 6.50. The maximum atomic E-state index is 8.87. The molecule has 1 aliphatic rings. The Labute approximate surface area is 60.0 Å². The number of nitrogens with one attached hydrogen (secondary N) is 1. The van der Waals surface area contributed by atoms with Crippen molar-refractivity contribution in [2.75, 3.05) is 24.7 Å². The molecule has 0 saturated carbocycles. The number of aliphatic hydroxyl groups excluding tert-OH is 1. The molecule has 54 valence electrons. The number of hydrogen-bond acceptors (Lipinski definition) is 3. The molecule has 3 heteroatoms. The van der Waals surface area contributed by atoms with E-state index in [4.69, 9.17) is 5.11 Å². The van der Waals surface area contributed by atoms with Gasteiger partial charge in [0.1, 0.15) is 0 Å². The van der Waals surface area contributed by atoms with Crippen LogP contribution in [0.4, 0.5) is 0 Å². The Morgan fingerprint density at radius 1 is 1.78 bits per heavy atom. The van der Waals surface area contributed by atoms with Gasteiger partial charge in [0.15, 0.2) is 0 Å². The lowest BCUT2D eigenvalue weighted by molar-refractivity contribution is 0.192. The van der Waals surface area contributed by atoms with E-state index in [2.05, 4.69) is 12.2 Å². The molecular weight excluding hydrogens is 134 g/mol. The van der Waals surface area contributed by atoms with Gasteiger partial charge in [0, 0.05) is 23.6 Å². The molecule has 0 amide bonds. The molecular formula is C6H13NOS. The predicted octanol–water partition coefficient (Wildman–Crippen LogP) is 0.0738. The maximum absolute atomic E-state index is 8.87. The molecule has 1 atom stereocenters. The average molecular weight is 147 g/mol. The zero-order valence-electron chi connectivity index (χ0n) is 5.68. The Kier molecular flexibility index (Phi) is 2.38. The van der Waals surface area contributed by atoms with Gasteiger partial charge in [-0.15, -0.1) is 0 Å². The Morgan fingerprint density at radius 2 is 2.56 bits per heavy atom. The van der Waals surface area contributed by atoms with E-state index in [0.717, 1.165) is 12.3 Å². The van der Waals surface area contributed by atoms with Crippen LogP contribution in [0.1, 0.15) is 6.92 Å². The summed E-state index contributed by atoms with van der Waals surface area (Å²) in [4.78, 5) is 0. The van der Waals surface area contributed by atoms with Crippen LogP contribution in [0.5, 0.6) is 0 Å². The first-order chi connectivity index (χ1) is 4.27. The van der Waals surface area contributed by atoms with Crippen molar-refractivity contribution in [3.63, 3.8) is 0 Å². The van der Waals surface area contributed by atoms with Gasteiger partial charge in [0.2, 0.25) is 0 Å². The smallest absolute Gasteiger partial charge is 0.0618 e. The minimum atomic E-state index is -0.0110. The standard InChI is InChI=1S/C6H13NOS/c1-6(4-8)5-9-3-2-7-6/h7-8H,2-5H2,1H3. The molecule has 0 radical (unpaired) electrons. The van der Waals surface area contributed by atoms with Gasteiger partial charge < -0.3 is 10.4 Å². The first-order valence-corrected chi connectivity index (χ1v) is 4.36. The summed E-state index contributed by atoms with van der Waals surface area (Å²) >= 11 is 1.90. The largest absolute Gasteiger partial charge is 0.394 e. The number of hydrogen-bond donors (Lipinski definition) is 2. The lowest BCUT2D eigenvalue weighted by Gasteiger charge is -2.32. The molecule has 0 aliphatic carbocycles. The van der Waals surface area contributed by atoms with Crippen molar-refractivity contribution in [1.29, 1.82) is 0 Å². The summed E-state index contributed by atoms with van der Waals surface area (Å²) in [5, 5.41) is 12.1. The van der Waals surface area contributed by atoms with E-state index >= 15 is 0 Å². The van der Waals surface area contributed by atoms with Crippen molar-refractivity contribution >= 4 is 11.8 Å². The van der Waals surface area contributed by atoms with Crippen LogP contribution < -0.4 is 5.32 Å². The minimum Gasteiger partial charge on any atom is -0.394 e. The van der Waals surface area contributed by atoms with Crippen molar-refractivity contribution in [3.05, 3.63) is 0 Å². The lowest BCUT2D eigenvalue weighted by atomic mass is 10.1. The second-order valence-electron chi connectivity index (χ2n) is 2.70. The molecule has 0 aromatic rings. The minimum absolute atomic E-state index is 0.0110. The van der Waals surface area contributed by atoms with Gasteiger partial charge >= 0.3 is 0 Å². The third kappa shape index (κ3) is 1.85. The van der Waals surface area contributed by atoms with E-state index in [1.807, 2.05) is 11.8 Å². The van der Waals surface area contributed by atoms with E-state index < -0.39 is 0 Å². The number of thioether (sulfide) groups is 1. The van der Waals surface area contributed by atoms with Gasteiger partial charge in [-0.1, -0.05) is 0 Å². The molecule has 0 spiro atoms. The molecule has 9 heavy (non-hydrogen) atoms. The molecule has 0 aromatic heterocycles. The first kappa shape index (κ1) is 7.38. The van der Waals surface area contributed by atoms with Gasteiger partial charge in [-0.25, -0.2) is 0 Å². The van der Waals surface area contributed by atoms with E-state index in [1.54, 1.807) is 0 Å². The number of rotatable bonds is 1. The maximum Gasteiger partial charge on any atom is 0.0618 e. The highest BCUT2D eigenvalue weighted by Crippen LogP contribution is 2.16. The third-order valence-electron chi connectivity index (χ3n) is 1.57. The summed E-state index contributed by atoms with van der Waals surface area (Å²) in [5.41, 5.74) is -0.0110. The van der Waals surface area contributed by atoms with Crippen molar-refractivity contribution in [2.24, 2.45) is 0 Å². The first-order valence-electron chi connectivity index (χ1n) is 3.20. The van der Waals surface area contributed by atoms with Crippen molar-refractivity contribution in [2.45, 2.75) is 12.5 Å². The zero-order chi connectivity index (χ0) is 6.74. The summed E-state index contributed by atoms with van der Waals surface area (Å²) in [6.45, 7) is 3.33. The predicted molar refractivity (Wildman–Crippen MR) is 40.8 cm³/mol. The van der Waals surface area contributed by atoms with Crippen LogP contribution in [0, 0.1) is 0 Å². The Balaban J connectivity index is 2.37. The van der Waals surface area contributed by atoms with Crippen LogP contribution in [-0.4, -0.2) is 35.3 Å². The van der Waals surface area contributed by atoms with E-state index in [0.29, 0.717) is 0 Å². The second kappa shape index (κ2) is 2.90. The molecule has 2 nitrogen and oxygen atoms in total. The van der Waals surface area contributed by atoms with E-state index in [9.17, 15) is 0 Å². The molecule has 1 saturated heterocycles. The molecule has 1 fully saturated rings. The fourth-order valence-electron chi connectivity index (χ4n) is 0.875. The molecule has 2 N–H and O–H groups in total. The highest BCUT2D eigenvalue weighted by atomic mass is 32.2. The van der Waals surface area contributed by atoms with Gasteiger partial charge in [-0.3, -0.25) is 0 Å². The number of aliphatic hydroxyl groups is 1. The fraction of sp³-hybridized carbons (Fsp3) is 1.00. The molecule has 0 bridgehead atoms. The summed E-state index contributed by atoms with van der Waals surface area (Å²) in [6, 6.07) is 0. The quantitative estimate of drug-likeness (QED) is 0.550. The monoisotopic (exact) mass is 147 g/mol. The molecule has 1 aliphatic heterocycles. The Morgan fingerprint density at radius 3 is 2.89 bits per heavy atom. The van der Waals surface area contributed by atoms with Gasteiger partial charge in [0.05, 0.1) is 6.61 Å². The van der Waals surface area contributed by atoms with Crippen LogP contribution in [0.3, 0.4) is 0 Å². The Bertz CT molecular complexity index is 91.1. The van der Waals surface area contributed by atoms with Crippen LogP contribution in [0.25, 0.3) is 0 Å². The van der Waals surface area contributed by atoms with E-state index in [1.165, 1.54) is 5.75 Å². The van der Waals surface area contributed by atoms with Gasteiger partial charge in [-0.2, -0.15) is 11.8 Å². The van der Waals surface area contributed by atoms with Crippen LogP contribution in [0.15, 0.2) is 0 Å². The summed E-state index contributed by atoms with van der Waals surface area (Å²) in [7, 11) is 0. The summed E-state index contributed by atoms with van der Waals surface area (Å²) in [6.07, 6.45) is 0. The molecule has 1 heterocycles. The normalized spacial score (nSPS) is 36.7.